The fourth-order valence-electron chi connectivity index (χ4n) is 2.16. The van der Waals surface area contributed by atoms with Crippen LogP contribution in [-0.4, -0.2) is 39.0 Å². The van der Waals surface area contributed by atoms with Gasteiger partial charge in [-0.3, -0.25) is 9.59 Å². The largest absolute Gasteiger partial charge is 0.481 e. The number of hydrogen-bond donors (Lipinski definition) is 4. The maximum absolute atomic E-state index is 11.4. The highest BCUT2D eigenvalue weighted by Crippen LogP contribution is 2.20. The molecule has 0 amide bonds. The molecular formula is C14H14N2O5. The average Bonchev–Trinajstić information content (AvgIpc) is 2.79. The summed E-state index contributed by atoms with van der Waals surface area (Å²) < 4.78 is 0. The lowest BCUT2D eigenvalue weighted by Gasteiger charge is -2.19. The lowest BCUT2D eigenvalue weighted by atomic mass is 9.96. The van der Waals surface area contributed by atoms with E-state index in [1.807, 2.05) is 18.2 Å². The minimum atomic E-state index is -1.66. The van der Waals surface area contributed by atoms with E-state index >= 15 is 0 Å². The van der Waals surface area contributed by atoms with Gasteiger partial charge in [-0.05, 0) is 19.1 Å². The van der Waals surface area contributed by atoms with Crippen LogP contribution in [0.4, 0.5) is 5.82 Å². The highest BCUT2D eigenvalue weighted by atomic mass is 16.4. The van der Waals surface area contributed by atoms with E-state index in [-0.39, 0.29) is 0 Å². The van der Waals surface area contributed by atoms with Gasteiger partial charge in [-0.25, -0.2) is 4.79 Å². The molecule has 2 aromatic rings. The molecule has 1 aromatic carbocycles. The molecule has 2 atom stereocenters. The number of carboxylic acids is 2. The number of hydrogen-bond acceptors (Lipinski definition) is 4. The van der Waals surface area contributed by atoms with Crippen molar-refractivity contribution in [2.24, 2.45) is 5.92 Å². The molecule has 0 spiro atoms. The first-order chi connectivity index (χ1) is 9.90. The zero-order chi connectivity index (χ0) is 15.6. The molecule has 0 saturated carbocycles. The Morgan fingerprint density at radius 2 is 1.81 bits per heavy atom. The van der Waals surface area contributed by atoms with Crippen LogP contribution < -0.4 is 5.32 Å². The maximum atomic E-state index is 11.4. The van der Waals surface area contributed by atoms with E-state index in [2.05, 4.69) is 10.3 Å². The van der Waals surface area contributed by atoms with Gasteiger partial charge in [-0.1, -0.05) is 18.2 Å². The van der Waals surface area contributed by atoms with E-state index in [4.69, 9.17) is 5.11 Å². The van der Waals surface area contributed by atoms with Gasteiger partial charge in [0.05, 0.1) is 0 Å². The number of rotatable bonds is 6. The van der Waals surface area contributed by atoms with Gasteiger partial charge in [0.15, 0.2) is 0 Å². The van der Waals surface area contributed by atoms with Gasteiger partial charge in [0.25, 0.3) is 0 Å². The standard InChI is InChI=1S/C14H14N2O5/c1-7(17)11(13(18)19)12(14(20)21)16-10-6-8-4-2-3-5-9(8)15-10/h2-6,11-12,15-16H,1H3,(H,18,19)(H,20,21)/t11?,12-/m0/s1. The van der Waals surface area contributed by atoms with Gasteiger partial charge in [-0.2, -0.15) is 0 Å². The molecule has 2 rings (SSSR count). The molecule has 0 aliphatic heterocycles. The van der Waals surface area contributed by atoms with Crippen molar-refractivity contribution in [1.82, 2.24) is 4.98 Å². The van der Waals surface area contributed by atoms with Crippen molar-refractivity contribution in [3.8, 4) is 0 Å². The highest BCUT2D eigenvalue weighted by Gasteiger charge is 2.37. The monoisotopic (exact) mass is 290 g/mol. The van der Waals surface area contributed by atoms with E-state index in [9.17, 15) is 19.5 Å². The first-order valence-electron chi connectivity index (χ1n) is 6.20. The quantitative estimate of drug-likeness (QED) is 0.596. The van der Waals surface area contributed by atoms with Gasteiger partial charge in [0, 0.05) is 10.9 Å². The van der Waals surface area contributed by atoms with Crippen LogP contribution in [0.5, 0.6) is 0 Å². The van der Waals surface area contributed by atoms with Crippen LogP contribution in [0.1, 0.15) is 6.92 Å². The number of benzene rings is 1. The Balaban J connectivity index is 2.33. The molecule has 7 nitrogen and oxygen atoms in total. The number of para-hydroxylation sites is 1. The third-order valence-electron chi connectivity index (χ3n) is 3.14. The summed E-state index contributed by atoms with van der Waals surface area (Å²) in [5.74, 6) is -4.92. The molecular weight excluding hydrogens is 276 g/mol. The number of aromatic nitrogens is 1. The summed E-state index contributed by atoms with van der Waals surface area (Å²) in [5, 5.41) is 21.7. The number of fused-ring (bicyclic) bond motifs is 1. The van der Waals surface area contributed by atoms with Crippen LogP contribution in [0.15, 0.2) is 30.3 Å². The predicted octanol–water partition coefficient (Wildman–Crippen LogP) is 1.32. The number of aromatic amines is 1. The Hall–Kier alpha value is -2.83. The smallest absolute Gasteiger partial charge is 0.327 e. The molecule has 0 radical (unpaired) electrons. The minimum Gasteiger partial charge on any atom is -0.481 e. The summed E-state index contributed by atoms with van der Waals surface area (Å²) in [5.41, 5.74) is 0.777. The van der Waals surface area contributed by atoms with Crippen molar-refractivity contribution < 1.29 is 24.6 Å². The number of carbonyl (C=O) groups is 3. The fraction of sp³-hybridized carbons (Fsp3) is 0.214. The topological polar surface area (TPSA) is 119 Å². The molecule has 1 aromatic heterocycles. The lowest BCUT2D eigenvalue weighted by molar-refractivity contribution is -0.152. The SMILES string of the molecule is CC(=O)C(C(=O)O)[C@H](Nc1cc2ccccc2[nH]1)C(=O)O. The lowest BCUT2D eigenvalue weighted by Crippen LogP contribution is -2.44. The first kappa shape index (κ1) is 14.6. The summed E-state index contributed by atoms with van der Waals surface area (Å²) in [6.45, 7) is 1.06. The summed E-state index contributed by atoms with van der Waals surface area (Å²) in [6, 6.07) is 7.37. The molecule has 4 N–H and O–H groups in total. The molecule has 1 unspecified atom stereocenters. The Kier molecular flexibility index (Phi) is 3.93. The van der Waals surface area contributed by atoms with Crippen LogP contribution >= 0.6 is 0 Å². The van der Waals surface area contributed by atoms with E-state index in [1.54, 1.807) is 12.1 Å². The van der Waals surface area contributed by atoms with Crippen molar-refractivity contribution in [3.63, 3.8) is 0 Å². The Morgan fingerprint density at radius 1 is 1.14 bits per heavy atom. The van der Waals surface area contributed by atoms with Gasteiger partial charge in [0.1, 0.15) is 23.6 Å². The Labute approximate surface area is 119 Å². The zero-order valence-electron chi connectivity index (χ0n) is 11.2. The van der Waals surface area contributed by atoms with Crippen LogP contribution in [0.2, 0.25) is 0 Å². The van der Waals surface area contributed by atoms with E-state index in [0.717, 1.165) is 17.8 Å². The molecule has 0 aliphatic rings. The molecule has 110 valence electrons. The third-order valence-corrected chi connectivity index (χ3v) is 3.14. The van der Waals surface area contributed by atoms with E-state index in [0.29, 0.717) is 5.82 Å². The number of aliphatic carboxylic acids is 2. The first-order valence-corrected chi connectivity index (χ1v) is 6.20. The Morgan fingerprint density at radius 3 is 2.33 bits per heavy atom. The number of nitrogens with one attached hydrogen (secondary N) is 2. The van der Waals surface area contributed by atoms with Crippen molar-refractivity contribution in [1.29, 1.82) is 0 Å². The van der Waals surface area contributed by atoms with Gasteiger partial charge in [-0.15, -0.1) is 0 Å². The minimum absolute atomic E-state index is 0.344. The molecule has 0 bridgehead atoms. The third kappa shape index (κ3) is 3.02. The number of anilines is 1. The van der Waals surface area contributed by atoms with Crippen molar-refractivity contribution >= 4 is 34.4 Å². The summed E-state index contributed by atoms with van der Waals surface area (Å²) in [7, 11) is 0. The number of ketones is 1. The second-order valence-electron chi connectivity index (χ2n) is 4.66. The zero-order valence-corrected chi connectivity index (χ0v) is 11.2. The van der Waals surface area contributed by atoms with Crippen molar-refractivity contribution in [3.05, 3.63) is 30.3 Å². The van der Waals surface area contributed by atoms with Crippen LogP contribution in [0.25, 0.3) is 10.9 Å². The molecule has 21 heavy (non-hydrogen) atoms. The van der Waals surface area contributed by atoms with E-state index < -0.39 is 29.7 Å². The predicted molar refractivity (Wildman–Crippen MR) is 75.2 cm³/mol. The maximum Gasteiger partial charge on any atom is 0.327 e. The van der Waals surface area contributed by atoms with Gasteiger partial charge < -0.3 is 20.5 Å². The van der Waals surface area contributed by atoms with Gasteiger partial charge in [0.2, 0.25) is 0 Å². The summed E-state index contributed by atoms with van der Waals surface area (Å²) in [6.07, 6.45) is 0. The van der Waals surface area contributed by atoms with Crippen molar-refractivity contribution in [2.45, 2.75) is 13.0 Å². The molecule has 7 heteroatoms. The number of carbonyl (C=O) groups excluding carboxylic acids is 1. The summed E-state index contributed by atoms with van der Waals surface area (Å²) >= 11 is 0. The molecule has 1 heterocycles. The van der Waals surface area contributed by atoms with Crippen molar-refractivity contribution in [2.75, 3.05) is 5.32 Å². The normalized spacial score (nSPS) is 13.6. The second kappa shape index (κ2) is 5.66. The molecule has 0 aliphatic carbocycles. The Bertz CT molecular complexity index is 659. The second-order valence-corrected chi connectivity index (χ2v) is 4.66. The number of Topliss-reactive ketones (excluding diaryl/α,β-unsaturated/α-hetero) is 1. The van der Waals surface area contributed by atoms with Gasteiger partial charge >= 0.3 is 11.9 Å². The number of carboxylic acid groups (broad SMARTS) is 2. The molecule has 0 fully saturated rings. The highest BCUT2D eigenvalue weighted by molar-refractivity contribution is 6.03. The van der Waals surface area contributed by atoms with Crippen LogP contribution in [0, 0.1) is 5.92 Å². The molecule has 0 saturated heterocycles. The number of H-pyrrole nitrogens is 1. The average molecular weight is 290 g/mol. The van der Waals surface area contributed by atoms with Crippen LogP contribution in [-0.2, 0) is 14.4 Å². The summed E-state index contributed by atoms with van der Waals surface area (Å²) in [4.78, 5) is 36.7. The van der Waals surface area contributed by atoms with Crippen LogP contribution in [0.3, 0.4) is 0 Å². The fourth-order valence-corrected chi connectivity index (χ4v) is 2.16. The van der Waals surface area contributed by atoms with E-state index in [1.165, 1.54) is 0 Å².